The fourth-order valence-electron chi connectivity index (χ4n) is 0.845. The summed E-state index contributed by atoms with van der Waals surface area (Å²) in [4.78, 5) is 0.0332. The Morgan fingerprint density at radius 3 is 2.54 bits per heavy atom. The van der Waals surface area contributed by atoms with E-state index < -0.39 is 10.0 Å². The van der Waals surface area contributed by atoms with Crippen LogP contribution in [-0.2, 0) is 10.0 Å². The molecule has 0 heterocycles. The highest BCUT2D eigenvalue weighted by Crippen LogP contribution is 2.22. The van der Waals surface area contributed by atoms with Crippen LogP contribution in [0.1, 0.15) is 0 Å². The fraction of sp³-hybridized carbons (Fsp3) is 0.143. The van der Waals surface area contributed by atoms with Crippen LogP contribution in [0.25, 0.3) is 0 Å². The summed E-state index contributed by atoms with van der Waals surface area (Å²) in [6.45, 7) is 0. The maximum absolute atomic E-state index is 11.3. The third-order valence-electron chi connectivity index (χ3n) is 1.51. The molecular formula is C7H9ClN2O2S. The zero-order chi connectivity index (χ0) is 10.1. The predicted octanol–water partition coefficient (Wildman–Crippen LogP) is 0.830. The number of hydrogen-bond donors (Lipinski definition) is 2. The Hall–Kier alpha value is -0.780. The third-order valence-corrected chi connectivity index (χ3v) is 3.41. The van der Waals surface area contributed by atoms with Crippen molar-refractivity contribution in [2.45, 2.75) is 4.90 Å². The van der Waals surface area contributed by atoms with Crippen molar-refractivity contribution >= 4 is 27.3 Å². The molecule has 1 aromatic rings. The van der Waals surface area contributed by atoms with E-state index in [-0.39, 0.29) is 9.92 Å². The smallest absolute Gasteiger partial charge is 0.241 e. The second-order valence-corrected chi connectivity index (χ2v) is 4.66. The van der Waals surface area contributed by atoms with E-state index in [2.05, 4.69) is 4.72 Å². The van der Waals surface area contributed by atoms with E-state index in [1.165, 1.54) is 25.2 Å². The lowest BCUT2D eigenvalue weighted by Gasteiger charge is -2.04. The maximum Gasteiger partial charge on any atom is 0.241 e. The molecule has 0 aromatic heterocycles. The average molecular weight is 221 g/mol. The number of nitrogens with one attached hydrogen (secondary N) is 1. The summed E-state index contributed by atoms with van der Waals surface area (Å²) in [7, 11) is -2.16. The van der Waals surface area contributed by atoms with Gasteiger partial charge in [0.05, 0.1) is 5.02 Å². The Balaban J connectivity index is 3.33. The fourth-order valence-corrected chi connectivity index (χ4v) is 2.12. The van der Waals surface area contributed by atoms with Crippen LogP contribution in [0, 0.1) is 0 Å². The van der Waals surface area contributed by atoms with E-state index in [0.717, 1.165) is 0 Å². The van der Waals surface area contributed by atoms with Crippen LogP contribution >= 0.6 is 11.6 Å². The molecule has 72 valence electrons. The summed E-state index contributed by atoms with van der Waals surface area (Å²) in [6, 6.07) is 4.24. The molecule has 13 heavy (non-hydrogen) atoms. The highest BCUT2D eigenvalue weighted by atomic mass is 35.5. The summed E-state index contributed by atoms with van der Waals surface area (Å²) in [5.41, 5.74) is 5.84. The molecule has 0 aliphatic rings. The number of benzene rings is 1. The normalized spacial score (nSPS) is 11.5. The number of rotatable bonds is 2. The van der Waals surface area contributed by atoms with Gasteiger partial charge in [-0.25, -0.2) is 13.1 Å². The maximum atomic E-state index is 11.3. The first kappa shape index (κ1) is 10.3. The van der Waals surface area contributed by atoms with E-state index in [1.54, 1.807) is 0 Å². The topological polar surface area (TPSA) is 72.2 Å². The van der Waals surface area contributed by atoms with Crippen molar-refractivity contribution in [3.8, 4) is 0 Å². The lowest BCUT2D eigenvalue weighted by molar-refractivity contribution is 0.588. The number of sulfonamides is 1. The van der Waals surface area contributed by atoms with E-state index >= 15 is 0 Å². The van der Waals surface area contributed by atoms with Gasteiger partial charge in [-0.05, 0) is 25.2 Å². The molecule has 1 rings (SSSR count). The molecule has 4 nitrogen and oxygen atoms in total. The zero-order valence-corrected chi connectivity index (χ0v) is 8.48. The van der Waals surface area contributed by atoms with Crippen LogP contribution < -0.4 is 10.5 Å². The van der Waals surface area contributed by atoms with Gasteiger partial charge < -0.3 is 5.73 Å². The van der Waals surface area contributed by atoms with Gasteiger partial charge in [0.2, 0.25) is 10.0 Å². The number of anilines is 1. The number of nitrogen functional groups attached to an aromatic ring is 1. The van der Waals surface area contributed by atoms with Crippen molar-refractivity contribution in [1.29, 1.82) is 0 Å². The Morgan fingerprint density at radius 1 is 1.46 bits per heavy atom. The monoisotopic (exact) mass is 220 g/mol. The van der Waals surface area contributed by atoms with Gasteiger partial charge in [0.25, 0.3) is 0 Å². The van der Waals surface area contributed by atoms with Crippen LogP contribution in [0.2, 0.25) is 5.02 Å². The molecule has 0 aliphatic heterocycles. The SMILES string of the molecule is CNS(=O)(=O)c1ccc(N)cc1Cl. The minimum atomic E-state index is -3.48. The van der Waals surface area contributed by atoms with Gasteiger partial charge in [0.1, 0.15) is 4.90 Å². The van der Waals surface area contributed by atoms with Crippen LogP contribution in [0.5, 0.6) is 0 Å². The zero-order valence-electron chi connectivity index (χ0n) is 6.91. The molecule has 0 radical (unpaired) electrons. The standard InChI is InChI=1S/C7H9ClN2O2S/c1-10-13(11,12)7-3-2-5(9)4-6(7)8/h2-4,10H,9H2,1H3. The van der Waals surface area contributed by atoms with E-state index in [9.17, 15) is 8.42 Å². The van der Waals surface area contributed by atoms with Gasteiger partial charge in [0, 0.05) is 5.69 Å². The molecule has 0 bridgehead atoms. The first-order chi connectivity index (χ1) is 5.97. The van der Waals surface area contributed by atoms with Crippen molar-refractivity contribution in [3.63, 3.8) is 0 Å². The summed E-state index contributed by atoms with van der Waals surface area (Å²) < 4.78 is 24.8. The van der Waals surface area contributed by atoms with Gasteiger partial charge in [-0.2, -0.15) is 0 Å². The molecule has 0 amide bonds. The molecule has 0 saturated carbocycles. The molecule has 0 saturated heterocycles. The number of nitrogens with two attached hydrogens (primary N) is 1. The van der Waals surface area contributed by atoms with Crippen LogP contribution in [0.3, 0.4) is 0 Å². The minimum absolute atomic E-state index is 0.0332. The Morgan fingerprint density at radius 2 is 2.08 bits per heavy atom. The third kappa shape index (κ3) is 2.12. The van der Waals surface area contributed by atoms with Gasteiger partial charge in [0.15, 0.2) is 0 Å². The van der Waals surface area contributed by atoms with Crippen molar-refractivity contribution < 1.29 is 8.42 Å². The van der Waals surface area contributed by atoms with E-state index in [0.29, 0.717) is 5.69 Å². The Bertz CT molecular complexity index is 417. The lowest BCUT2D eigenvalue weighted by Crippen LogP contribution is -2.18. The highest BCUT2D eigenvalue weighted by molar-refractivity contribution is 7.89. The molecular weight excluding hydrogens is 212 g/mol. The number of hydrogen-bond acceptors (Lipinski definition) is 3. The molecule has 6 heteroatoms. The van der Waals surface area contributed by atoms with Gasteiger partial charge in [-0.15, -0.1) is 0 Å². The van der Waals surface area contributed by atoms with Crippen molar-refractivity contribution in [2.75, 3.05) is 12.8 Å². The predicted molar refractivity (Wildman–Crippen MR) is 52.1 cm³/mol. The van der Waals surface area contributed by atoms with Crippen molar-refractivity contribution in [1.82, 2.24) is 4.72 Å². The molecule has 0 aliphatic carbocycles. The van der Waals surface area contributed by atoms with E-state index in [1.807, 2.05) is 0 Å². The lowest BCUT2D eigenvalue weighted by atomic mass is 10.3. The largest absolute Gasteiger partial charge is 0.399 e. The second-order valence-electron chi connectivity index (χ2n) is 2.40. The summed E-state index contributed by atoms with van der Waals surface area (Å²) in [5, 5.41) is 0.120. The van der Waals surface area contributed by atoms with Crippen molar-refractivity contribution in [2.24, 2.45) is 0 Å². The summed E-state index contributed by atoms with van der Waals surface area (Å²) >= 11 is 5.69. The minimum Gasteiger partial charge on any atom is -0.399 e. The molecule has 1 aromatic carbocycles. The Labute approximate surface area is 81.8 Å². The average Bonchev–Trinajstić information content (AvgIpc) is 2.03. The van der Waals surface area contributed by atoms with Crippen LogP contribution in [0.4, 0.5) is 5.69 Å². The molecule has 3 N–H and O–H groups in total. The molecule has 0 atom stereocenters. The highest BCUT2D eigenvalue weighted by Gasteiger charge is 2.14. The van der Waals surface area contributed by atoms with Gasteiger partial charge in [-0.1, -0.05) is 11.6 Å². The quantitative estimate of drug-likeness (QED) is 0.726. The van der Waals surface area contributed by atoms with Gasteiger partial charge >= 0.3 is 0 Å². The van der Waals surface area contributed by atoms with Gasteiger partial charge in [-0.3, -0.25) is 0 Å². The molecule has 0 spiro atoms. The van der Waals surface area contributed by atoms with Crippen LogP contribution in [0.15, 0.2) is 23.1 Å². The first-order valence-electron chi connectivity index (χ1n) is 3.46. The molecule has 0 fully saturated rings. The second kappa shape index (κ2) is 3.53. The number of halogens is 1. The first-order valence-corrected chi connectivity index (χ1v) is 5.32. The summed E-state index contributed by atoms with van der Waals surface area (Å²) in [5.74, 6) is 0. The Kier molecular flexibility index (Phi) is 2.80. The van der Waals surface area contributed by atoms with Crippen LogP contribution in [-0.4, -0.2) is 15.5 Å². The molecule has 0 unspecified atom stereocenters. The van der Waals surface area contributed by atoms with E-state index in [4.69, 9.17) is 17.3 Å². The summed E-state index contributed by atoms with van der Waals surface area (Å²) in [6.07, 6.45) is 0. The van der Waals surface area contributed by atoms with Crippen molar-refractivity contribution in [3.05, 3.63) is 23.2 Å².